The molecule has 0 radical (unpaired) electrons. The van der Waals surface area contributed by atoms with Crippen molar-refractivity contribution < 1.29 is 9.59 Å². The Labute approximate surface area is 154 Å². The maximum Gasteiger partial charge on any atom is 0.263 e. The lowest BCUT2D eigenvalue weighted by molar-refractivity contribution is 0.0718. The first-order valence-electron chi connectivity index (χ1n) is 8.37. The second-order valence-corrected chi connectivity index (χ2v) is 8.45. The fourth-order valence-electron chi connectivity index (χ4n) is 3.19. The molecule has 128 valence electrons. The monoisotopic (exact) mass is 370 g/mol. The largest absolute Gasteiger partial charge is 0.338 e. The van der Waals surface area contributed by atoms with Gasteiger partial charge in [0, 0.05) is 19.0 Å². The Bertz CT molecular complexity index is 903. The summed E-state index contributed by atoms with van der Waals surface area (Å²) in [4.78, 5) is 32.0. The highest BCUT2D eigenvalue weighted by atomic mass is 32.1. The van der Waals surface area contributed by atoms with Gasteiger partial charge in [0.25, 0.3) is 5.91 Å². The number of ketones is 1. The number of piperidine rings is 1. The SMILES string of the molecule is CC(=O)c1ccc(C(=O)N2CCC(c3nc4ccccc4s3)CC2)s1. The number of likely N-dealkylation sites (tertiary alicyclic amines) is 1. The summed E-state index contributed by atoms with van der Waals surface area (Å²) in [5.41, 5.74) is 1.07. The van der Waals surface area contributed by atoms with Crippen molar-refractivity contribution in [3.05, 3.63) is 51.2 Å². The van der Waals surface area contributed by atoms with Crippen molar-refractivity contribution in [1.29, 1.82) is 0 Å². The van der Waals surface area contributed by atoms with E-state index in [0.717, 1.165) is 31.4 Å². The molecule has 0 spiro atoms. The van der Waals surface area contributed by atoms with Crippen LogP contribution in [0.25, 0.3) is 10.2 Å². The van der Waals surface area contributed by atoms with Crippen LogP contribution in [0.4, 0.5) is 0 Å². The van der Waals surface area contributed by atoms with Gasteiger partial charge in [-0.05, 0) is 44.0 Å². The molecule has 0 saturated carbocycles. The Morgan fingerprint density at radius 3 is 2.44 bits per heavy atom. The van der Waals surface area contributed by atoms with Crippen LogP contribution in [0.1, 0.15) is 50.0 Å². The predicted octanol–water partition coefficient (Wildman–Crippen LogP) is 4.58. The van der Waals surface area contributed by atoms with E-state index < -0.39 is 0 Å². The number of para-hydroxylation sites is 1. The standard InChI is InChI=1S/C19H18N2O2S2/c1-12(22)15-6-7-17(24-15)19(23)21-10-8-13(9-11-21)18-20-14-4-2-3-5-16(14)25-18/h2-7,13H,8-11H2,1H3. The lowest BCUT2D eigenvalue weighted by Gasteiger charge is -2.30. The Kier molecular flexibility index (Phi) is 4.39. The minimum atomic E-state index is 0.0126. The maximum absolute atomic E-state index is 12.6. The van der Waals surface area contributed by atoms with Gasteiger partial charge in [-0.25, -0.2) is 4.98 Å². The quantitative estimate of drug-likeness (QED) is 0.634. The van der Waals surface area contributed by atoms with Gasteiger partial charge in [-0.2, -0.15) is 0 Å². The molecular weight excluding hydrogens is 352 g/mol. The topological polar surface area (TPSA) is 50.3 Å². The molecule has 1 saturated heterocycles. The molecular formula is C19H18N2O2S2. The molecule has 1 aliphatic rings. The van der Waals surface area contributed by atoms with E-state index in [0.29, 0.717) is 15.7 Å². The minimum Gasteiger partial charge on any atom is -0.338 e. The van der Waals surface area contributed by atoms with Gasteiger partial charge in [0.2, 0.25) is 0 Å². The van der Waals surface area contributed by atoms with E-state index in [-0.39, 0.29) is 11.7 Å². The molecule has 0 atom stereocenters. The van der Waals surface area contributed by atoms with E-state index in [1.165, 1.54) is 28.0 Å². The Balaban J connectivity index is 1.43. The second kappa shape index (κ2) is 6.69. The molecule has 25 heavy (non-hydrogen) atoms. The predicted molar refractivity (Wildman–Crippen MR) is 102 cm³/mol. The van der Waals surface area contributed by atoms with Crippen LogP contribution < -0.4 is 0 Å². The van der Waals surface area contributed by atoms with E-state index in [4.69, 9.17) is 4.98 Å². The number of thiophene rings is 1. The molecule has 0 aliphatic carbocycles. The number of aromatic nitrogens is 1. The van der Waals surface area contributed by atoms with Crippen molar-refractivity contribution in [2.24, 2.45) is 0 Å². The highest BCUT2D eigenvalue weighted by Crippen LogP contribution is 2.34. The summed E-state index contributed by atoms with van der Waals surface area (Å²) < 4.78 is 1.23. The zero-order chi connectivity index (χ0) is 17.4. The Hall–Kier alpha value is -2.05. The first kappa shape index (κ1) is 16.4. The summed E-state index contributed by atoms with van der Waals surface area (Å²) in [5, 5.41) is 1.18. The van der Waals surface area contributed by atoms with Gasteiger partial charge in [0.05, 0.1) is 25.0 Å². The fraction of sp³-hybridized carbons (Fsp3) is 0.316. The molecule has 1 aromatic carbocycles. The van der Waals surface area contributed by atoms with Crippen LogP contribution in [0, 0.1) is 0 Å². The average Bonchev–Trinajstić information content (AvgIpc) is 3.28. The highest BCUT2D eigenvalue weighted by Gasteiger charge is 2.27. The van der Waals surface area contributed by atoms with Crippen molar-refractivity contribution >= 4 is 44.6 Å². The molecule has 1 aliphatic heterocycles. The van der Waals surface area contributed by atoms with E-state index in [1.807, 2.05) is 17.0 Å². The van der Waals surface area contributed by atoms with Crippen LogP contribution in [0.3, 0.4) is 0 Å². The molecule has 0 unspecified atom stereocenters. The number of benzene rings is 1. The summed E-state index contributed by atoms with van der Waals surface area (Å²) in [6.45, 7) is 3.02. The van der Waals surface area contributed by atoms with E-state index in [9.17, 15) is 9.59 Å². The zero-order valence-electron chi connectivity index (χ0n) is 13.9. The lowest BCUT2D eigenvalue weighted by Crippen LogP contribution is -2.37. The molecule has 2 aromatic heterocycles. The summed E-state index contributed by atoms with van der Waals surface area (Å²) in [6, 6.07) is 11.7. The first-order chi connectivity index (χ1) is 12.1. The Morgan fingerprint density at radius 1 is 1.04 bits per heavy atom. The average molecular weight is 370 g/mol. The van der Waals surface area contributed by atoms with Crippen LogP contribution in [-0.4, -0.2) is 34.7 Å². The molecule has 0 bridgehead atoms. The summed E-state index contributed by atoms with van der Waals surface area (Å²) >= 11 is 3.06. The number of rotatable bonds is 3. The van der Waals surface area contributed by atoms with Gasteiger partial charge in [0.15, 0.2) is 5.78 Å². The molecule has 3 heterocycles. The van der Waals surface area contributed by atoms with Crippen LogP contribution >= 0.6 is 22.7 Å². The number of nitrogens with zero attached hydrogens (tertiary/aromatic N) is 2. The molecule has 3 aromatic rings. The number of hydrogen-bond donors (Lipinski definition) is 0. The lowest BCUT2D eigenvalue weighted by atomic mass is 9.97. The van der Waals surface area contributed by atoms with E-state index in [2.05, 4.69) is 12.1 Å². The van der Waals surface area contributed by atoms with Gasteiger partial charge in [-0.3, -0.25) is 9.59 Å². The van der Waals surface area contributed by atoms with Crippen LogP contribution in [0.2, 0.25) is 0 Å². The number of thiazole rings is 1. The number of fused-ring (bicyclic) bond motifs is 1. The van der Waals surface area contributed by atoms with Crippen molar-refractivity contribution in [1.82, 2.24) is 9.88 Å². The van der Waals surface area contributed by atoms with Gasteiger partial charge >= 0.3 is 0 Å². The minimum absolute atomic E-state index is 0.0126. The Morgan fingerprint density at radius 2 is 1.76 bits per heavy atom. The molecule has 4 rings (SSSR count). The molecule has 4 nitrogen and oxygen atoms in total. The van der Waals surface area contributed by atoms with Crippen LogP contribution in [0.15, 0.2) is 36.4 Å². The molecule has 1 amide bonds. The third kappa shape index (κ3) is 3.24. The number of amides is 1. The van der Waals surface area contributed by atoms with Crippen LogP contribution in [0.5, 0.6) is 0 Å². The van der Waals surface area contributed by atoms with Gasteiger partial charge in [-0.1, -0.05) is 12.1 Å². The normalized spacial score (nSPS) is 15.6. The molecule has 6 heteroatoms. The zero-order valence-corrected chi connectivity index (χ0v) is 15.5. The van der Waals surface area contributed by atoms with E-state index in [1.54, 1.807) is 23.5 Å². The number of Topliss-reactive ketones (excluding diaryl/α,β-unsaturated/α-hetero) is 1. The third-order valence-corrected chi connectivity index (χ3v) is 6.98. The van der Waals surface area contributed by atoms with Gasteiger partial charge in [0.1, 0.15) is 0 Å². The van der Waals surface area contributed by atoms with Crippen molar-refractivity contribution in [2.75, 3.05) is 13.1 Å². The first-order valence-corrected chi connectivity index (χ1v) is 10.0. The third-order valence-electron chi connectivity index (χ3n) is 4.61. The van der Waals surface area contributed by atoms with E-state index >= 15 is 0 Å². The van der Waals surface area contributed by atoms with Gasteiger partial charge < -0.3 is 4.90 Å². The van der Waals surface area contributed by atoms with Gasteiger partial charge in [-0.15, -0.1) is 22.7 Å². The number of carbonyl (C=O) groups excluding carboxylic acids is 2. The van der Waals surface area contributed by atoms with Crippen molar-refractivity contribution in [2.45, 2.75) is 25.7 Å². The number of hydrogen-bond acceptors (Lipinski definition) is 5. The van der Waals surface area contributed by atoms with Crippen LogP contribution in [-0.2, 0) is 0 Å². The summed E-state index contributed by atoms with van der Waals surface area (Å²) in [6.07, 6.45) is 1.88. The van der Waals surface area contributed by atoms with Crippen molar-refractivity contribution in [3.63, 3.8) is 0 Å². The second-order valence-electron chi connectivity index (χ2n) is 6.31. The summed E-state index contributed by atoms with van der Waals surface area (Å²) in [5.74, 6) is 0.483. The highest BCUT2D eigenvalue weighted by molar-refractivity contribution is 7.18. The molecule has 0 N–H and O–H groups in total. The smallest absolute Gasteiger partial charge is 0.263 e. The van der Waals surface area contributed by atoms with Crippen molar-refractivity contribution in [3.8, 4) is 0 Å². The maximum atomic E-state index is 12.6. The fourth-order valence-corrected chi connectivity index (χ4v) is 5.20. The summed E-state index contributed by atoms with van der Waals surface area (Å²) in [7, 11) is 0. The number of carbonyl (C=O) groups is 2. The molecule has 1 fully saturated rings.